The molecule has 8 heteroatoms. The number of fused-ring (bicyclic) bond motifs is 2. The minimum absolute atomic E-state index is 0.264. The van der Waals surface area contributed by atoms with Gasteiger partial charge in [-0.2, -0.15) is 0 Å². The van der Waals surface area contributed by atoms with E-state index in [1.807, 2.05) is 37.3 Å². The highest BCUT2D eigenvalue weighted by Crippen LogP contribution is 2.28. The first-order chi connectivity index (χ1) is 18.9. The van der Waals surface area contributed by atoms with Crippen LogP contribution in [0.5, 0.6) is 0 Å². The lowest BCUT2D eigenvalue weighted by atomic mass is 10.1. The zero-order valence-electron chi connectivity index (χ0n) is 22.0. The number of aryl methyl sites for hydroxylation is 1. The van der Waals surface area contributed by atoms with Gasteiger partial charge < -0.3 is 11.1 Å². The summed E-state index contributed by atoms with van der Waals surface area (Å²) in [5, 5.41) is 5.96. The number of anilines is 2. The van der Waals surface area contributed by atoms with E-state index < -0.39 is 10.0 Å². The Bertz CT molecular complexity index is 1710. The molecule has 5 rings (SSSR count). The Kier molecular flexibility index (Phi) is 8.05. The lowest BCUT2D eigenvalue weighted by Crippen LogP contribution is -2.25. The van der Waals surface area contributed by atoms with Gasteiger partial charge in [0.05, 0.1) is 10.6 Å². The largest absolute Gasteiger partial charge is 0.398 e. The molecule has 2 aromatic heterocycles. The number of unbranched alkanes of at least 4 members (excludes halogenated alkanes) is 3. The zero-order valence-corrected chi connectivity index (χ0v) is 22.8. The van der Waals surface area contributed by atoms with Gasteiger partial charge in [-0.1, -0.05) is 67.4 Å². The third-order valence-corrected chi connectivity index (χ3v) is 8.32. The monoisotopic (exact) mass is 539 g/mol. The highest BCUT2D eigenvalue weighted by Gasteiger charge is 2.17. The van der Waals surface area contributed by atoms with Crippen molar-refractivity contribution in [3.8, 4) is 11.3 Å². The first kappa shape index (κ1) is 26.6. The lowest BCUT2D eigenvalue weighted by Gasteiger charge is -2.12. The number of hydrogen-bond donors (Lipinski definition) is 3. The molecule has 0 spiro atoms. The van der Waals surface area contributed by atoms with Crippen LogP contribution in [0.25, 0.3) is 33.1 Å². The smallest absolute Gasteiger partial charge is 0.241 e. The van der Waals surface area contributed by atoms with Crippen LogP contribution in [0.2, 0.25) is 0 Å². The minimum Gasteiger partial charge on any atom is -0.398 e. The highest BCUT2D eigenvalue weighted by atomic mass is 32.2. The van der Waals surface area contributed by atoms with E-state index in [0.29, 0.717) is 17.6 Å². The molecule has 0 bridgehead atoms. The van der Waals surface area contributed by atoms with Crippen molar-refractivity contribution >= 4 is 43.2 Å². The third kappa shape index (κ3) is 6.19. The van der Waals surface area contributed by atoms with Crippen LogP contribution in [0.1, 0.15) is 31.4 Å². The number of nitrogens with zero attached hydrogens (tertiary/aromatic N) is 2. The second-order valence-corrected chi connectivity index (χ2v) is 11.4. The minimum atomic E-state index is -3.62. The van der Waals surface area contributed by atoms with Crippen molar-refractivity contribution in [1.82, 2.24) is 14.7 Å². The van der Waals surface area contributed by atoms with Gasteiger partial charge >= 0.3 is 0 Å². The summed E-state index contributed by atoms with van der Waals surface area (Å²) in [5.74, 6) is 0. The van der Waals surface area contributed by atoms with E-state index >= 15 is 0 Å². The standard InChI is InChI=1S/C31H33N5O2S/c1-22-17-18-26-29(21-28(36-31(26)35-22)23-11-5-4-6-12-23)33-19-7-2-3-8-20-34-39(37,38)30-16-10-13-24-25(30)14-9-15-27(24)32/h4-6,9-18,21,34H,2-3,7-8,19-20,32H2,1H3,(H,33,35,36). The first-order valence-corrected chi connectivity index (χ1v) is 14.8. The predicted octanol–water partition coefficient (Wildman–Crippen LogP) is 6.29. The van der Waals surface area contributed by atoms with E-state index in [2.05, 4.69) is 39.3 Å². The topological polar surface area (TPSA) is 110 Å². The number of sulfonamides is 1. The summed E-state index contributed by atoms with van der Waals surface area (Å²) in [6.45, 7) is 3.18. The number of nitrogen functional groups attached to an aromatic ring is 1. The average molecular weight is 540 g/mol. The Balaban J connectivity index is 1.13. The van der Waals surface area contributed by atoms with Gasteiger partial charge in [0.2, 0.25) is 10.0 Å². The molecule has 0 aliphatic rings. The summed E-state index contributed by atoms with van der Waals surface area (Å²) in [6.07, 6.45) is 3.66. The Morgan fingerprint density at radius 2 is 1.49 bits per heavy atom. The van der Waals surface area contributed by atoms with E-state index in [9.17, 15) is 8.42 Å². The fourth-order valence-electron chi connectivity index (χ4n) is 4.75. The van der Waals surface area contributed by atoms with Crippen LogP contribution in [0.4, 0.5) is 11.4 Å². The maximum Gasteiger partial charge on any atom is 0.241 e. The molecule has 200 valence electrons. The van der Waals surface area contributed by atoms with Crippen LogP contribution in [0.15, 0.2) is 89.8 Å². The Morgan fingerprint density at radius 1 is 0.744 bits per heavy atom. The van der Waals surface area contributed by atoms with E-state index in [4.69, 9.17) is 10.7 Å². The number of nitrogens with two attached hydrogens (primary N) is 1. The van der Waals surface area contributed by atoms with Gasteiger partial charge in [-0.3, -0.25) is 0 Å². The Morgan fingerprint density at radius 3 is 2.31 bits per heavy atom. The molecule has 4 N–H and O–H groups in total. The summed E-state index contributed by atoms with van der Waals surface area (Å²) >= 11 is 0. The molecule has 0 aliphatic carbocycles. The quantitative estimate of drug-likeness (QED) is 0.134. The second-order valence-electron chi connectivity index (χ2n) is 9.68. The van der Waals surface area contributed by atoms with Crippen LogP contribution >= 0.6 is 0 Å². The molecule has 0 atom stereocenters. The van der Waals surface area contributed by atoms with Gasteiger partial charge in [0.1, 0.15) is 0 Å². The Labute approximate surface area is 229 Å². The number of pyridine rings is 2. The summed E-state index contributed by atoms with van der Waals surface area (Å²) in [4.78, 5) is 9.71. The molecular weight excluding hydrogens is 506 g/mol. The van der Waals surface area contributed by atoms with E-state index in [1.54, 1.807) is 30.3 Å². The van der Waals surface area contributed by atoms with Gasteiger partial charge in [-0.05, 0) is 50.1 Å². The number of benzene rings is 3. The molecule has 0 saturated carbocycles. The van der Waals surface area contributed by atoms with Crippen LogP contribution in [-0.4, -0.2) is 31.5 Å². The molecule has 0 saturated heterocycles. The molecule has 0 radical (unpaired) electrons. The number of nitrogens with one attached hydrogen (secondary N) is 2. The van der Waals surface area contributed by atoms with E-state index in [0.717, 1.165) is 71.3 Å². The van der Waals surface area contributed by atoms with Gasteiger partial charge in [-0.25, -0.2) is 23.1 Å². The normalized spacial score (nSPS) is 11.7. The molecular formula is C31H33N5O2S. The molecule has 0 aliphatic heterocycles. The third-order valence-electron chi connectivity index (χ3n) is 6.80. The fourth-order valence-corrected chi connectivity index (χ4v) is 6.05. The van der Waals surface area contributed by atoms with Gasteiger partial charge in [0, 0.05) is 51.9 Å². The average Bonchev–Trinajstić information content (AvgIpc) is 2.94. The summed E-state index contributed by atoms with van der Waals surface area (Å²) < 4.78 is 28.6. The van der Waals surface area contributed by atoms with Crippen LogP contribution in [0, 0.1) is 6.92 Å². The number of hydrogen-bond acceptors (Lipinski definition) is 6. The fraction of sp³-hybridized carbons (Fsp3) is 0.226. The summed E-state index contributed by atoms with van der Waals surface area (Å²) in [6, 6.07) is 26.8. The van der Waals surface area contributed by atoms with Crippen LogP contribution < -0.4 is 15.8 Å². The Hall–Kier alpha value is -4.01. The summed E-state index contributed by atoms with van der Waals surface area (Å²) in [7, 11) is -3.62. The molecule has 0 unspecified atom stereocenters. The maximum atomic E-state index is 12.9. The van der Waals surface area contributed by atoms with E-state index in [1.165, 1.54) is 0 Å². The lowest BCUT2D eigenvalue weighted by molar-refractivity contribution is 0.573. The molecule has 3 aromatic carbocycles. The highest BCUT2D eigenvalue weighted by molar-refractivity contribution is 7.89. The van der Waals surface area contributed by atoms with Crippen LogP contribution in [0.3, 0.4) is 0 Å². The molecule has 5 aromatic rings. The van der Waals surface area contributed by atoms with Crippen molar-refractivity contribution in [3.05, 3.63) is 90.6 Å². The van der Waals surface area contributed by atoms with Crippen molar-refractivity contribution in [2.24, 2.45) is 0 Å². The van der Waals surface area contributed by atoms with Crippen molar-refractivity contribution in [2.45, 2.75) is 37.5 Å². The molecule has 0 amide bonds. The van der Waals surface area contributed by atoms with Crippen molar-refractivity contribution in [3.63, 3.8) is 0 Å². The molecule has 7 nitrogen and oxygen atoms in total. The van der Waals surface area contributed by atoms with Gasteiger partial charge in [-0.15, -0.1) is 0 Å². The predicted molar refractivity (Wildman–Crippen MR) is 160 cm³/mol. The zero-order chi connectivity index (χ0) is 27.2. The van der Waals surface area contributed by atoms with E-state index in [-0.39, 0.29) is 4.90 Å². The number of aromatic nitrogens is 2. The SMILES string of the molecule is Cc1ccc2c(NCCCCCCNS(=O)(=O)c3cccc4c(N)cccc34)cc(-c3ccccc3)nc2n1. The van der Waals surface area contributed by atoms with Crippen molar-refractivity contribution in [1.29, 1.82) is 0 Å². The summed E-state index contributed by atoms with van der Waals surface area (Å²) in [5.41, 5.74) is 11.2. The number of rotatable bonds is 11. The van der Waals surface area contributed by atoms with Crippen LogP contribution in [-0.2, 0) is 10.0 Å². The van der Waals surface area contributed by atoms with Crippen molar-refractivity contribution in [2.75, 3.05) is 24.1 Å². The first-order valence-electron chi connectivity index (χ1n) is 13.3. The van der Waals surface area contributed by atoms with Gasteiger partial charge in [0.15, 0.2) is 5.65 Å². The maximum absolute atomic E-state index is 12.9. The molecule has 39 heavy (non-hydrogen) atoms. The van der Waals surface area contributed by atoms with Crippen molar-refractivity contribution < 1.29 is 8.42 Å². The van der Waals surface area contributed by atoms with Gasteiger partial charge in [0.25, 0.3) is 0 Å². The second kappa shape index (κ2) is 11.8. The molecule has 0 fully saturated rings. The molecule has 2 heterocycles.